The quantitative estimate of drug-likeness (QED) is 0.162. The monoisotopic (exact) mass is 428 g/mol. The van der Waals surface area contributed by atoms with Crippen LogP contribution in [0.2, 0.25) is 0 Å². The zero-order chi connectivity index (χ0) is 18.9. The minimum atomic E-state index is 0. The molecule has 0 aliphatic carbocycles. The third-order valence-electron chi connectivity index (χ3n) is 4.14. The fraction of sp³-hybridized carbons (Fsp3) is 0.478. The zero-order valence-electron chi connectivity index (χ0n) is 16.3. The van der Waals surface area contributed by atoms with Gasteiger partial charge in [-0.05, 0) is 19.3 Å². The SMILES string of the molecule is CC(=O)SCCCCCCCCCCC(=O)[c-]1cccc1.[Fe].c1cc[cH-]c1. The van der Waals surface area contributed by atoms with Crippen LogP contribution in [0.3, 0.4) is 0 Å². The van der Waals surface area contributed by atoms with E-state index < -0.39 is 0 Å². The number of carbonyl (C=O) groups is 2. The van der Waals surface area contributed by atoms with Gasteiger partial charge in [0.15, 0.2) is 5.12 Å². The molecule has 2 nitrogen and oxygen atoms in total. The van der Waals surface area contributed by atoms with Crippen molar-refractivity contribution in [3.63, 3.8) is 0 Å². The predicted octanol–water partition coefficient (Wildman–Crippen LogP) is 6.78. The first-order chi connectivity index (χ1) is 12.7. The molecule has 0 saturated carbocycles. The van der Waals surface area contributed by atoms with Gasteiger partial charge >= 0.3 is 0 Å². The minimum Gasteiger partial charge on any atom is -0.309 e. The van der Waals surface area contributed by atoms with Crippen LogP contribution in [0.1, 0.15) is 75.1 Å². The molecule has 27 heavy (non-hydrogen) atoms. The summed E-state index contributed by atoms with van der Waals surface area (Å²) in [5, 5.41) is 0.228. The number of rotatable bonds is 12. The molecule has 2 aromatic carbocycles. The molecular weight excluding hydrogens is 396 g/mol. The van der Waals surface area contributed by atoms with E-state index in [0.29, 0.717) is 6.42 Å². The molecule has 4 heteroatoms. The summed E-state index contributed by atoms with van der Waals surface area (Å²) in [5.41, 5.74) is 0.860. The van der Waals surface area contributed by atoms with E-state index in [4.69, 9.17) is 0 Å². The maximum atomic E-state index is 11.8. The molecule has 0 amide bonds. The third kappa shape index (κ3) is 15.6. The van der Waals surface area contributed by atoms with Gasteiger partial charge in [0, 0.05) is 29.7 Å². The van der Waals surface area contributed by atoms with Crippen molar-refractivity contribution in [2.75, 3.05) is 5.75 Å². The first kappa shape index (κ1) is 25.9. The summed E-state index contributed by atoms with van der Waals surface area (Å²) in [5.74, 6) is 1.25. The molecule has 0 bridgehead atoms. The molecule has 0 radical (unpaired) electrons. The summed E-state index contributed by atoms with van der Waals surface area (Å²) in [6, 6.07) is 17.6. The van der Waals surface area contributed by atoms with Crippen molar-refractivity contribution >= 4 is 22.7 Å². The molecular formula is C23H32FeO2S-2. The number of Topliss-reactive ketones (excluding diaryl/α,β-unsaturated/α-hetero) is 1. The number of carbonyl (C=O) groups excluding carboxylic acids is 2. The summed E-state index contributed by atoms with van der Waals surface area (Å²) in [6.07, 6.45) is 10.3. The second kappa shape index (κ2) is 18.3. The average molecular weight is 428 g/mol. The van der Waals surface area contributed by atoms with Crippen molar-refractivity contribution < 1.29 is 26.7 Å². The first-order valence-electron chi connectivity index (χ1n) is 9.75. The van der Waals surface area contributed by atoms with E-state index in [1.165, 1.54) is 43.9 Å². The normalized spacial score (nSPS) is 9.81. The van der Waals surface area contributed by atoms with E-state index in [1.54, 1.807) is 6.92 Å². The van der Waals surface area contributed by atoms with E-state index >= 15 is 0 Å². The summed E-state index contributed by atoms with van der Waals surface area (Å²) in [4.78, 5) is 22.5. The van der Waals surface area contributed by atoms with Crippen LogP contribution < -0.4 is 0 Å². The number of ketones is 1. The van der Waals surface area contributed by atoms with Crippen LogP contribution in [0.5, 0.6) is 0 Å². The molecule has 0 spiro atoms. The van der Waals surface area contributed by atoms with Crippen molar-refractivity contribution in [1.82, 2.24) is 0 Å². The molecule has 0 aliphatic rings. The van der Waals surface area contributed by atoms with Crippen LogP contribution in [-0.4, -0.2) is 16.7 Å². The van der Waals surface area contributed by atoms with E-state index in [9.17, 15) is 9.59 Å². The van der Waals surface area contributed by atoms with Gasteiger partial charge in [-0.25, -0.2) is 24.3 Å². The second-order valence-electron chi connectivity index (χ2n) is 6.48. The van der Waals surface area contributed by atoms with Crippen molar-refractivity contribution in [2.24, 2.45) is 0 Å². The molecule has 0 fully saturated rings. The van der Waals surface area contributed by atoms with Gasteiger partial charge in [-0.15, -0.1) is 0 Å². The van der Waals surface area contributed by atoms with Crippen LogP contribution in [0.15, 0.2) is 54.6 Å². The van der Waals surface area contributed by atoms with Crippen molar-refractivity contribution in [1.29, 1.82) is 0 Å². The Balaban J connectivity index is 0.000000969. The molecule has 152 valence electrons. The average Bonchev–Trinajstić information content (AvgIpc) is 3.35. The fourth-order valence-corrected chi connectivity index (χ4v) is 3.33. The number of unbranched alkanes of at least 4 members (excludes halogenated alkanes) is 7. The summed E-state index contributed by atoms with van der Waals surface area (Å²) in [7, 11) is 0. The maximum absolute atomic E-state index is 11.8. The van der Waals surface area contributed by atoms with E-state index in [0.717, 1.165) is 30.6 Å². The van der Waals surface area contributed by atoms with Crippen molar-refractivity contribution in [3.8, 4) is 0 Å². The summed E-state index contributed by atoms with van der Waals surface area (Å²) in [6.45, 7) is 1.63. The predicted molar refractivity (Wildman–Crippen MR) is 113 cm³/mol. The number of hydrogen-bond donors (Lipinski definition) is 0. The van der Waals surface area contributed by atoms with Gasteiger partial charge in [-0.1, -0.05) is 55.9 Å². The van der Waals surface area contributed by atoms with Crippen molar-refractivity contribution in [3.05, 3.63) is 60.2 Å². The molecule has 0 unspecified atom stereocenters. The third-order valence-corrected chi connectivity index (χ3v) is 5.04. The van der Waals surface area contributed by atoms with Crippen molar-refractivity contribution in [2.45, 2.75) is 64.7 Å². The molecule has 0 saturated heterocycles. The molecule has 0 aromatic heterocycles. The molecule has 2 aromatic rings. The molecule has 2 rings (SSSR count). The first-order valence-corrected chi connectivity index (χ1v) is 10.7. The van der Waals surface area contributed by atoms with Crippen LogP contribution in [0.4, 0.5) is 0 Å². The molecule has 0 N–H and O–H groups in total. The van der Waals surface area contributed by atoms with Crippen LogP contribution in [0.25, 0.3) is 0 Å². The van der Waals surface area contributed by atoms with Crippen LogP contribution >= 0.6 is 11.8 Å². The Hall–Kier alpha value is -1.09. The Bertz CT molecular complexity index is 544. The summed E-state index contributed by atoms with van der Waals surface area (Å²) >= 11 is 1.44. The van der Waals surface area contributed by atoms with E-state index in [2.05, 4.69) is 0 Å². The van der Waals surface area contributed by atoms with Gasteiger partial charge in [-0.3, -0.25) is 4.79 Å². The van der Waals surface area contributed by atoms with Gasteiger partial charge in [-0.2, -0.15) is 30.3 Å². The fourth-order valence-electron chi connectivity index (χ4n) is 2.69. The smallest absolute Gasteiger partial charge is 0.185 e. The Morgan fingerprint density at radius 2 is 1.33 bits per heavy atom. The molecule has 0 atom stereocenters. The van der Waals surface area contributed by atoms with Gasteiger partial charge in [0.1, 0.15) is 5.78 Å². The molecule has 0 heterocycles. The Morgan fingerprint density at radius 3 is 1.81 bits per heavy atom. The Kier molecular flexibility index (Phi) is 17.5. The van der Waals surface area contributed by atoms with Crippen LogP contribution in [-0.2, 0) is 21.9 Å². The number of thioether (sulfide) groups is 1. The minimum absolute atomic E-state index is 0. The molecule has 0 aliphatic heterocycles. The largest absolute Gasteiger partial charge is 0.309 e. The number of hydrogen-bond acceptors (Lipinski definition) is 3. The van der Waals surface area contributed by atoms with Gasteiger partial charge in [0.2, 0.25) is 0 Å². The van der Waals surface area contributed by atoms with Gasteiger partial charge < -0.3 is 4.79 Å². The second-order valence-corrected chi connectivity index (χ2v) is 7.75. The van der Waals surface area contributed by atoms with Gasteiger partial charge in [0.05, 0.1) is 0 Å². The zero-order valence-corrected chi connectivity index (χ0v) is 18.3. The maximum Gasteiger partial charge on any atom is 0.185 e. The topological polar surface area (TPSA) is 34.1 Å². The van der Waals surface area contributed by atoms with E-state index in [-0.39, 0.29) is 28.0 Å². The Labute approximate surface area is 179 Å². The van der Waals surface area contributed by atoms with E-state index in [1.807, 2.05) is 54.6 Å². The van der Waals surface area contributed by atoms with Crippen LogP contribution in [0, 0.1) is 0 Å². The standard InChI is InChI=1S/C18H27O2S.C5H5.Fe/c1-16(19)21-15-11-7-5-3-2-4-6-8-14-18(20)17-12-9-10-13-17;1-2-4-5-3-1;/h9-10,12-13H,2-8,11,14-15H2,1H3;1-5H;/q2*-1;. The van der Waals surface area contributed by atoms with Gasteiger partial charge in [0.25, 0.3) is 0 Å². The summed E-state index contributed by atoms with van der Waals surface area (Å²) < 4.78 is 0. The Morgan fingerprint density at radius 1 is 0.815 bits per heavy atom.